The number of allylic oxidation sites excluding steroid dienone is 1. The number of hydrogen-bond acceptors (Lipinski definition) is 5. The van der Waals surface area contributed by atoms with Gasteiger partial charge in [-0.15, -0.1) is 16.8 Å². The normalized spacial score (nSPS) is 10.8. The Morgan fingerprint density at radius 1 is 1.28 bits per heavy atom. The first-order chi connectivity index (χ1) is 15.3. The average Bonchev–Trinajstić information content (AvgIpc) is 3.11. The van der Waals surface area contributed by atoms with Crippen LogP contribution in [0.3, 0.4) is 0 Å². The number of amides is 1. The van der Waals surface area contributed by atoms with E-state index in [1.54, 1.807) is 10.6 Å². The highest BCUT2D eigenvalue weighted by atomic mass is 79.9. The molecule has 0 aliphatic heterocycles. The summed E-state index contributed by atoms with van der Waals surface area (Å²) in [7, 11) is 0. The lowest BCUT2D eigenvalue weighted by Gasteiger charge is -2.13. The van der Waals surface area contributed by atoms with Gasteiger partial charge in [-0.25, -0.2) is 8.78 Å². The van der Waals surface area contributed by atoms with E-state index in [4.69, 9.17) is 4.74 Å². The van der Waals surface area contributed by atoms with Gasteiger partial charge in [0, 0.05) is 17.1 Å². The highest BCUT2D eigenvalue weighted by Crippen LogP contribution is 2.28. The molecule has 0 aliphatic rings. The van der Waals surface area contributed by atoms with Crippen molar-refractivity contribution in [3.8, 4) is 5.75 Å². The zero-order valence-corrected chi connectivity index (χ0v) is 19.9. The lowest BCUT2D eigenvalue weighted by Crippen LogP contribution is -2.16. The molecule has 3 aromatic rings. The van der Waals surface area contributed by atoms with Crippen LogP contribution in [0.1, 0.15) is 17.0 Å². The lowest BCUT2D eigenvalue weighted by atomic mass is 10.1. The van der Waals surface area contributed by atoms with Crippen LogP contribution in [0, 0.1) is 25.5 Å². The summed E-state index contributed by atoms with van der Waals surface area (Å²) >= 11 is 4.19. The van der Waals surface area contributed by atoms with Gasteiger partial charge < -0.3 is 10.1 Å². The third kappa shape index (κ3) is 5.74. The summed E-state index contributed by atoms with van der Waals surface area (Å²) in [4.78, 5) is 12.3. The van der Waals surface area contributed by atoms with Gasteiger partial charge in [0.15, 0.2) is 16.8 Å². The molecule has 1 N–H and O–H groups in total. The number of halogens is 3. The Kier molecular flexibility index (Phi) is 8.03. The fraction of sp³-hybridized carbons (Fsp3) is 0.227. The number of aryl methyl sites for hydroxylation is 2. The maximum absolute atomic E-state index is 13.9. The molecule has 168 valence electrons. The first-order valence-electron chi connectivity index (χ1n) is 9.59. The molecular weight excluding hydrogens is 502 g/mol. The molecule has 0 bridgehead atoms. The second-order valence-corrected chi connectivity index (χ2v) is 8.69. The van der Waals surface area contributed by atoms with E-state index in [1.807, 2.05) is 32.0 Å². The summed E-state index contributed by atoms with van der Waals surface area (Å²) in [5.74, 6) is -0.742. The zero-order valence-electron chi connectivity index (χ0n) is 17.5. The highest BCUT2D eigenvalue weighted by molar-refractivity contribution is 9.10. The number of nitrogens with one attached hydrogen (secondary N) is 1. The van der Waals surface area contributed by atoms with E-state index in [-0.39, 0.29) is 22.5 Å². The van der Waals surface area contributed by atoms with Crippen molar-refractivity contribution in [3.05, 3.63) is 76.0 Å². The minimum absolute atomic E-state index is 0.0453. The fourth-order valence-electron chi connectivity index (χ4n) is 2.98. The van der Waals surface area contributed by atoms with Crippen LogP contribution < -0.4 is 10.1 Å². The van der Waals surface area contributed by atoms with Gasteiger partial charge in [0.05, 0.1) is 11.4 Å². The van der Waals surface area contributed by atoms with Crippen LogP contribution in [-0.4, -0.2) is 26.4 Å². The number of para-hydroxylation sites is 1. The standard InChI is InChI=1S/C22H21BrF2N4O2S/c1-4-8-29-18(11-31-21-13(2)6-5-7-14(21)3)27-28-22(29)32-12-19(30)26-20-16(23)9-15(24)10-17(20)25/h4-7,9-10H,1,8,11-12H2,2-3H3,(H,26,30). The van der Waals surface area contributed by atoms with E-state index in [0.29, 0.717) is 23.6 Å². The van der Waals surface area contributed by atoms with Crippen molar-refractivity contribution in [3.63, 3.8) is 0 Å². The maximum Gasteiger partial charge on any atom is 0.234 e. The van der Waals surface area contributed by atoms with Crippen LogP contribution in [0.4, 0.5) is 14.5 Å². The SMILES string of the molecule is C=CCn1c(COc2c(C)cccc2C)nnc1SCC(=O)Nc1c(F)cc(F)cc1Br. The molecule has 3 rings (SSSR count). The van der Waals surface area contributed by atoms with Gasteiger partial charge in [0.2, 0.25) is 5.91 Å². The molecule has 0 saturated carbocycles. The summed E-state index contributed by atoms with van der Waals surface area (Å²) in [6, 6.07) is 7.69. The third-order valence-corrected chi connectivity index (χ3v) is 6.06. The van der Waals surface area contributed by atoms with E-state index in [0.717, 1.165) is 34.7 Å². The van der Waals surface area contributed by atoms with Crippen molar-refractivity contribution >= 4 is 39.3 Å². The van der Waals surface area contributed by atoms with Gasteiger partial charge in [-0.1, -0.05) is 36.0 Å². The minimum atomic E-state index is -0.865. The Bertz CT molecular complexity index is 1110. The van der Waals surface area contributed by atoms with E-state index in [2.05, 4.69) is 38.0 Å². The van der Waals surface area contributed by atoms with E-state index < -0.39 is 17.5 Å². The number of carbonyl (C=O) groups excluding carboxylic acids is 1. The fourth-order valence-corrected chi connectivity index (χ4v) is 4.25. The molecule has 0 aliphatic carbocycles. The predicted molar refractivity (Wildman–Crippen MR) is 124 cm³/mol. The van der Waals surface area contributed by atoms with Crippen molar-refractivity contribution in [2.75, 3.05) is 11.1 Å². The van der Waals surface area contributed by atoms with Gasteiger partial charge >= 0.3 is 0 Å². The quantitative estimate of drug-likeness (QED) is 0.299. The number of ether oxygens (including phenoxy) is 1. The Hall–Kier alpha value is -2.72. The largest absolute Gasteiger partial charge is 0.485 e. The number of hydrogen-bond donors (Lipinski definition) is 1. The smallest absolute Gasteiger partial charge is 0.234 e. The van der Waals surface area contributed by atoms with E-state index in [9.17, 15) is 13.6 Å². The summed E-state index contributed by atoms with van der Waals surface area (Å²) in [6.45, 7) is 8.33. The van der Waals surface area contributed by atoms with Gasteiger partial charge in [-0.05, 0) is 47.0 Å². The molecule has 1 aromatic heterocycles. The van der Waals surface area contributed by atoms with Crippen LogP contribution in [0.25, 0.3) is 0 Å². The van der Waals surface area contributed by atoms with Crippen molar-refractivity contribution in [2.24, 2.45) is 0 Å². The molecule has 32 heavy (non-hydrogen) atoms. The van der Waals surface area contributed by atoms with Gasteiger partial charge in [-0.2, -0.15) is 0 Å². The first-order valence-corrected chi connectivity index (χ1v) is 11.4. The third-order valence-electron chi connectivity index (χ3n) is 4.46. The molecule has 0 atom stereocenters. The topological polar surface area (TPSA) is 69.0 Å². The minimum Gasteiger partial charge on any atom is -0.485 e. The second kappa shape index (κ2) is 10.7. The Morgan fingerprint density at radius 2 is 2.00 bits per heavy atom. The number of benzene rings is 2. The van der Waals surface area contributed by atoms with Crippen molar-refractivity contribution in [2.45, 2.75) is 32.2 Å². The molecule has 0 radical (unpaired) electrons. The maximum atomic E-state index is 13.9. The monoisotopic (exact) mass is 522 g/mol. The van der Waals surface area contributed by atoms with Gasteiger partial charge in [-0.3, -0.25) is 9.36 Å². The van der Waals surface area contributed by atoms with E-state index in [1.165, 1.54) is 0 Å². The van der Waals surface area contributed by atoms with Gasteiger partial charge in [0.25, 0.3) is 0 Å². The van der Waals surface area contributed by atoms with E-state index >= 15 is 0 Å². The Morgan fingerprint density at radius 3 is 2.66 bits per heavy atom. The molecule has 0 unspecified atom stereocenters. The second-order valence-electron chi connectivity index (χ2n) is 6.89. The molecule has 2 aromatic carbocycles. The molecule has 1 amide bonds. The number of anilines is 1. The number of carbonyl (C=O) groups is 1. The van der Waals surface area contributed by atoms with Gasteiger partial charge in [0.1, 0.15) is 18.2 Å². The molecule has 0 fully saturated rings. The van der Waals surface area contributed by atoms with Crippen molar-refractivity contribution < 1.29 is 18.3 Å². The number of nitrogens with zero attached hydrogens (tertiary/aromatic N) is 3. The lowest BCUT2D eigenvalue weighted by molar-refractivity contribution is -0.113. The van der Waals surface area contributed by atoms with Crippen LogP contribution in [0.15, 0.2) is 52.6 Å². The summed E-state index contributed by atoms with van der Waals surface area (Å²) in [5, 5.41) is 11.3. The van der Waals surface area contributed by atoms with Crippen LogP contribution in [0.5, 0.6) is 5.75 Å². The number of aromatic nitrogens is 3. The van der Waals surface area contributed by atoms with Crippen LogP contribution in [0.2, 0.25) is 0 Å². The molecular formula is C22H21BrF2N4O2S. The molecule has 6 nitrogen and oxygen atoms in total. The highest BCUT2D eigenvalue weighted by Gasteiger charge is 2.17. The first kappa shape index (κ1) is 23.9. The van der Waals surface area contributed by atoms with Crippen molar-refractivity contribution in [1.82, 2.24) is 14.8 Å². The van der Waals surface area contributed by atoms with Crippen molar-refractivity contribution in [1.29, 1.82) is 0 Å². The molecule has 1 heterocycles. The Balaban J connectivity index is 1.67. The molecule has 0 spiro atoms. The van der Waals surface area contributed by atoms with Crippen LogP contribution in [-0.2, 0) is 17.9 Å². The number of rotatable bonds is 9. The summed E-state index contributed by atoms with van der Waals surface area (Å²) < 4.78 is 35.1. The predicted octanol–water partition coefficient (Wildman–Crippen LogP) is 5.43. The summed E-state index contributed by atoms with van der Waals surface area (Å²) in [6.07, 6.45) is 1.70. The number of thioether (sulfide) groups is 1. The summed E-state index contributed by atoms with van der Waals surface area (Å²) in [5.41, 5.74) is 1.92. The average molecular weight is 523 g/mol. The van der Waals surface area contributed by atoms with Crippen LogP contribution >= 0.6 is 27.7 Å². The zero-order chi connectivity index (χ0) is 23.3. The molecule has 0 saturated heterocycles. The molecule has 10 heteroatoms. The Labute approximate surface area is 197 Å².